The van der Waals surface area contributed by atoms with E-state index in [0.717, 1.165) is 12.8 Å². The van der Waals surface area contributed by atoms with Crippen LogP contribution in [0.4, 0.5) is 4.39 Å². The molecule has 2 fully saturated rings. The molecule has 4 rings (SSSR count). The Morgan fingerprint density at radius 2 is 2.04 bits per heavy atom. The van der Waals surface area contributed by atoms with Crippen molar-refractivity contribution in [3.63, 3.8) is 0 Å². The number of carbonyl (C=O) groups excluding carboxylic acids is 1. The number of fused-ring (bicyclic) bond motifs is 2. The van der Waals surface area contributed by atoms with Gasteiger partial charge >= 0.3 is 0 Å². The molecule has 2 aliphatic rings. The van der Waals surface area contributed by atoms with Crippen LogP contribution in [0.15, 0.2) is 41.1 Å². The van der Waals surface area contributed by atoms with Gasteiger partial charge in [0.25, 0.3) is 5.91 Å². The van der Waals surface area contributed by atoms with Crippen molar-refractivity contribution in [2.75, 3.05) is 0 Å². The third-order valence-electron chi connectivity index (χ3n) is 4.99. The second-order valence-corrected chi connectivity index (χ2v) is 6.36. The molecule has 0 aromatic carbocycles. The summed E-state index contributed by atoms with van der Waals surface area (Å²) in [5, 5.41) is 11.0. The number of carbonyl (C=O) groups is 1. The van der Waals surface area contributed by atoms with Gasteiger partial charge in [-0.25, -0.2) is 4.98 Å². The maximum atomic E-state index is 14.0. The van der Waals surface area contributed by atoms with E-state index < -0.39 is 11.5 Å². The lowest BCUT2D eigenvalue weighted by Crippen LogP contribution is -2.52. The number of piperidine rings is 1. The molecule has 2 aromatic heterocycles. The maximum Gasteiger partial charge on any atom is 0.290 e. The molecular weight excluding hydrogens is 299 g/mol. The van der Waals surface area contributed by atoms with Crippen molar-refractivity contribution in [3.05, 3.63) is 54.0 Å². The topological polar surface area (TPSA) is 66.6 Å². The number of nitrogens with zero attached hydrogens (tertiary/aromatic N) is 2. The molecule has 2 atom stereocenters. The molecule has 2 bridgehead atoms. The first-order valence-electron chi connectivity index (χ1n) is 7.78. The number of aliphatic hydroxyl groups is 1. The molecule has 0 spiro atoms. The first kappa shape index (κ1) is 14.4. The summed E-state index contributed by atoms with van der Waals surface area (Å²) >= 11 is 0. The minimum Gasteiger partial charge on any atom is -0.459 e. The van der Waals surface area contributed by atoms with Crippen LogP contribution in [0.2, 0.25) is 0 Å². The van der Waals surface area contributed by atoms with Crippen LogP contribution in [0.5, 0.6) is 0 Å². The van der Waals surface area contributed by atoms with Crippen molar-refractivity contribution in [2.24, 2.45) is 0 Å². The van der Waals surface area contributed by atoms with Crippen molar-refractivity contribution in [1.82, 2.24) is 9.88 Å². The van der Waals surface area contributed by atoms with Crippen molar-refractivity contribution in [1.29, 1.82) is 0 Å². The molecule has 0 aliphatic carbocycles. The Morgan fingerprint density at radius 1 is 1.30 bits per heavy atom. The second-order valence-electron chi connectivity index (χ2n) is 6.36. The first-order chi connectivity index (χ1) is 11.1. The van der Waals surface area contributed by atoms with E-state index in [0.29, 0.717) is 18.6 Å². The van der Waals surface area contributed by atoms with E-state index in [1.807, 2.05) is 0 Å². The molecule has 4 heterocycles. The van der Waals surface area contributed by atoms with E-state index in [1.54, 1.807) is 29.2 Å². The summed E-state index contributed by atoms with van der Waals surface area (Å²) in [6.07, 6.45) is 5.09. The highest BCUT2D eigenvalue weighted by molar-refractivity contribution is 5.92. The normalized spacial score (nSPS) is 29.7. The Hall–Kier alpha value is -2.21. The minimum absolute atomic E-state index is 0.115. The molecule has 2 aromatic rings. The molecule has 5 nitrogen and oxygen atoms in total. The van der Waals surface area contributed by atoms with Gasteiger partial charge in [-0.05, 0) is 31.0 Å². The van der Waals surface area contributed by atoms with Crippen molar-refractivity contribution < 1.29 is 18.7 Å². The third-order valence-corrected chi connectivity index (χ3v) is 4.99. The lowest BCUT2D eigenvalue weighted by atomic mass is 9.81. The zero-order valence-corrected chi connectivity index (χ0v) is 12.5. The zero-order chi connectivity index (χ0) is 16.0. The summed E-state index contributed by atoms with van der Waals surface area (Å²) in [6, 6.07) is 6.29. The fourth-order valence-corrected chi connectivity index (χ4v) is 4.04. The number of rotatable bonds is 2. The predicted octanol–water partition coefficient (Wildman–Crippen LogP) is 2.47. The summed E-state index contributed by atoms with van der Waals surface area (Å²) in [5.74, 6) is -0.490. The summed E-state index contributed by atoms with van der Waals surface area (Å²) in [4.78, 5) is 18.0. The number of amides is 1. The first-order valence-corrected chi connectivity index (χ1v) is 7.78. The number of hydrogen-bond acceptors (Lipinski definition) is 4. The highest BCUT2D eigenvalue weighted by Gasteiger charge is 2.51. The zero-order valence-electron chi connectivity index (χ0n) is 12.5. The van der Waals surface area contributed by atoms with E-state index in [9.17, 15) is 14.3 Å². The lowest BCUT2D eigenvalue weighted by molar-refractivity contribution is -0.0510. The summed E-state index contributed by atoms with van der Waals surface area (Å²) in [7, 11) is 0. The highest BCUT2D eigenvalue weighted by atomic mass is 19.1. The van der Waals surface area contributed by atoms with Gasteiger partial charge in [-0.2, -0.15) is 4.39 Å². The average Bonchev–Trinajstić information content (AvgIpc) is 3.15. The van der Waals surface area contributed by atoms with E-state index in [-0.39, 0.29) is 23.6 Å². The molecule has 1 N–H and O–H groups in total. The number of aromatic nitrogens is 1. The summed E-state index contributed by atoms with van der Waals surface area (Å²) in [5.41, 5.74) is -1.05. The fraction of sp³-hybridized carbons (Fsp3) is 0.412. The van der Waals surface area contributed by atoms with Gasteiger partial charge in [0.1, 0.15) is 0 Å². The largest absolute Gasteiger partial charge is 0.459 e. The smallest absolute Gasteiger partial charge is 0.290 e. The van der Waals surface area contributed by atoms with E-state index in [2.05, 4.69) is 4.98 Å². The van der Waals surface area contributed by atoms with Crippen LogP contribution in [0, 0.1) is 5.95 Å². The number of halogens is 1. The molecule has 0 radical (unpaired) electrons. The Kier molecular flexibility index (Phi) is 3.23. The number of furan rings is 1. The van der Waals surface area contributed by atoms with Gasteiger partial charge in [0.15, 0.2) is 5.76 Å². The Morgan fingerprint density at radius 3 is 2.65 bits per heavy atom. The van der Waals surface area contributed by atoms with Gasteiger partial charge in [0, 0.05) is 36.7 Å². The highest BCUT2D eigenvalue weighted by Crippen LogP contribution is 2.46. The van der Waals surface area contributed by atoms with Gasteiger partial charge in [0.2, 0.25) is 5.95 Å². The van der Waals surface area contributed by atoms with Gasteiger partial charge in [-0.3, -0.25) is 4.79 Å². The van der Waals surface area contributed by atoms with Crippen LogP contribution >= 0.6 is 0 Å². The molecule has 2 unspecified atom stereocenters. The maximum absolute atomic E-state index is 14.0. The molecular formula is C17H17FN2O3. The second kappa shape index (κ2) is 5.16. The Balaban J connectivity index is 1.63. The van der Waals surface area contributed by atoms with Crippen molar-refractivity contribution in [2.45, 2.75) is 43.4 Å². The standard InChI is InChI=1S/C17H17FN2O3/c18-15-13(3-1-7-19-15)17(22)9-11-5-6-12(10-17)20(11)16(21)14-4-2-8-23-14/h1-4,7-8,11-12,22H,5-6,9-10H2. The SMILES string of the molecule is O=C(c1ccco1)N1C2CCC1CC(O)(c1cccnc1F)C2. The van der Waals surface area contributed by atoms with Gasteiger partial charge in [0.05, 0.1) is 11.9 Å². The van der Waals surface area contributed by atoms with Crippen molar-refractivity contribution in [3.8, 4) is 0 Å². The van der Waals surface area contributed by atoms with Crippen LogP contribution in [0.25, 0.3) is 0 Å². The molecule has 6 heteroatoms. The molecule has 2 aliphatic heterocycles. The Bertz CT molecular complexity index is 717. The molecule has 120 valence electrons. The lowest BCUT2D eigenvalue weighted by Gasteiger charge is -2.43. The minimum atomic E-state index is -1.27. The van der Waals surface area contributed by atoms with Gasteiger partial charge < -0.3 is 14.4 Å². The summed E-state index contributed by atoms with van der Waals surface area (Å²) in [6.45, 7) is 0. The van der Waals surface area contributed by atoms with E-state index in [1.165, 1.54) is 12.5 Å². The molecule has 1 amide bonds. The van der Waals surface area contributed by atoms with Crippen LogP contribution < -0.4 is 0 Å². The Labute approximate surface area is 132 Å². The van der Waals surface area contributed by atoms with E-state index >= 15 is 0 Å². The van der Waals surface area contributed by atoms with Crippen LogP contribution in [-0.2, 0) is 5.60 Å². The van der Waals surface area contributed by atoms with Crippen LogP contribution in [-0.4, -0.2) is 33.0 Å². The third kappa shape index (κ3) is 2.25. The van der Waals surface area contributed by atoms with Gasteiger partial charge in [-0.1, -0.05) is 6.07 Å². The number of hydrogen-bond donors (Lipinski definition) is 1. The summed E-state index contributed by atoms with van der Waals surface area (Å²) < 4.78 is 19.2. The number of pyridine rings is 1. The monoisotopic (exact) mass is 316 g/mol. The molecule has 2 saturated heterocycles. The van der Waals surface area contributed by atoms with Crippen LogP contribution in [0.1, 0.15) is 41.8 Å². The van der Waals surface area contributed by atoms with Crippen molar-refractivity contribution >= 4 is 5.91 Å². The average molecular weight is 316 g/mol. The molecule has 23 heavy (non-hydrogen) atoms. The van der Waals surface area contributed by atoms with E-state index in [4.69, 9.17) is 4.42 Å². The predicted molar refractivity (Wildman–Crippen MR) is 79.0 cm³/mol. The molecule has 0 saturated carbocycles. The quantitative estimate of drug-likeness (QED) is 0.864. The van der Waals surface area contributed by atoms with Crippen LogP contribution in [0.3, 0.4) is 0 Å². The fourth-order valence-electron chi connectivity index (χ4n) is 4.04. The van der Waals surface area contributed by atoms with Gasteiger partial charge in [-0.15, -0.1) is 0 Å².